The molecule has 1 fully saturated rings. The Bertz CT molecular complexity index is 482. The van der Waals surface area contributed by atoms with Crippen molar-refractivity contribution in [3.05, 3.63) is 29.1 Å². The number of carbonyl (C=O) groups is 1. The average Bonchev–Trinajstić information content (AvgIpc) is 2.47. The van der Waals surface area contributed by atoms with Crippen LogP contribution in [0.1, 0.15) is 54.4 Å². The third-order valence-corrected chi connectivity index (χ3v) is 3.93. The first-order valence-electron chi connectivity index (χ1n) is 7.97. The van der Waals surface area contributed by atoms with Crippen LogP contribution in [0, 0.1) is 13.8 Å². The van der Waals surface area contributed by atoms with Gasteiger partial charge >= 0.3 is 0 Å². The Labute approximate surface area is 127 Å². The van der Waals surface area contributed by atoms with Crippen LogP contribution in [0.4, 0.5) is 0 Å². The molecule has 1 amide bonds. The summed E-state index contributed by atoms with van der Waals surface area (Å²) < 4.78 is 5.78. The summed E-state index contributed by atoms with van der Waals surface area (Å²) in [6.07, 6.45) is 4.53. The van der Waals surface area contributed by atoms with Gasteiger partial charge in [-0.15, -0.1) is 0 Å². The highest BCUT2D eigenvalue weighted by molar-refractivity contribution is 5.95. The van der Waals surface area contributed by atoms with Crippen molar-refractivity contribution in [2.75, 3.05) is 19.7 Å². The molecule has 21 heavy (non-hydrogen) atoms. The summed E-state index contributed by atoms with van der Waals surface area (Å²) >= 11 is 0. The fourth-order valence-corrected chi connectivity index (χ4v) is 2.83. The Balaban J connectivity index is 2.10. The Morgan fingerprint density at radius 3 is 2.81 bits per heavy atom. The topological polar surface area (TPSA) is 42.4 Å². The van der Waals surface area contributed by atoms with Crippen molar-refractivity contribution < 1.29 is 9.53 Å². The lowest BCUT2D eigenvalue weighted by Gasteiger charge is -2.30. The zero-order chi connectivity index (χ0) is 15.2. The number of amides is 1. The van der Waals surface area contributed by atoms with E-state index in [1.54, 1.807) is 0 Å². The molecule has 4 nitrogen and oxygen atoms in total. The number of ether oxygens (including phenoxy) is 1. The van der Waals surface area contributed by atoms with Gasteiger partial charge in [-0.3, -0.25) is 9.78 Å². The van der Waals surface area contributed by atoms with Gasteiger partial charge in [-0.25, -0.2) is 0 Å². The number of pyridine rings is 1. The SMILES string of the molecule is CCCN(CC1CCCCO1)C(=O)c1ccc(C)nc1C. The molecule has 1 aliphatic rings. The lowest BCUT2D eigenvalue weighted by atomic mass is 10.1. The summed E-state index contributed by atoms with van der Waals surface area (Å²) in [5, 5.41) is 0. The quantitative estimate of drug-likeness (QED) is 0.836. The molecular weight excluding hydrogens is 264 g/mol. The monoisotopic (exact) mass is 290 g/mol. The molecule has 1 aromatic rings. The highest BCUT2D eigenvalue weighted by Gasteiger charge is 2.23. The second-order valence-corrected chi connectivity index (χ2v) is 5.83. The molecule has 0 saturated carbocycles. The molecule has 0 spiro atoms. The van der Waals surface area contributed by atoms with Crippen LogP contribution in [0.3, 0.4) is 0 Å². The van der Waals surface area contributed by atoms with E-state index in [1.165, 1.54) is 6.42 Å². The zero-order valence-electron chi connectivity index (χ0n) is 13.4. The van der Waals surface area contributed by atoms with Crippen molar-refractivity contribution in [3.63, 3.8) is 0 Å². The standard InChI is InChI=1S/C17H26N2O2/c1-4-10-19(12-15-7-5-6-11-21-15)17(20)16-9-8-13(2)18-14(16)3/h8-9,15H,4-7,10-12H2,1-3H3. The zero-order valence-corrected chi connectivity index (χ0v) is 13.4. The first-order chi connectivity index (χ1) is 10.1. The smallest absolute Gasteiger partial charge is 0.255 e. The normalized spacial score (nSPS) is 18.5. The van der Waals surface area contributed by atoms with E-state index in [1.807, 2.05) is 30.9 Å². The molecule has 1 atom stereocenters. The number of nitrogens with zero attached hydrogens (tertiary/aromatic N) is 2. The van der Waals surface area contributed by atoms with E-state index in [0.29, 0.717) is 12.1 Å². The first-order valence-corrected chi connectivity index (χ1v) is 7.97. The third-order valence-electron chi connectivity index (χ3n) is 3.93. The molecule has 1 aliphatic heterocycles. The number of aromatic nitrogens is 1. The largest absolute Gasteiger partial charge is 0.376 e. The van der Waals surface area contributed by atoms with Crippen molar-refractivity contribution in [1.29, 1.82) is 0 Å². The van der Waals surface area contributed by atoms with Gasteiger partial charge in [-0.2, -0.15) is 0 Å². The van der Waals surface area contributed by atoms with E-state index in [2.05, 4.69) is 11.9 Å². The van der Waals surface area contributed by atoms with Crippen LogP contribution in [0.5, 0.6) is 0 Å². The van der Waals surface area contributed by atoms with Gasteiger partial charge in [0.05, 0.1) is 17.4 Å². The van der Waals surface area contributed by atoms with Crippen molar-refractivity contribution in [1.82, 2.24) is 9.88 Å². The van der Waals surface area contributed by atoms with Gasteiger partial charge in [0.1, 0.15) is 0 Å². The van der Waals surface area contributed by atoms with E-state index in [9.17, 15) is 4.79 Å². The van der Waals surface area contributed by atoms with Crippen molar-refractivity contribution in [3.8, 4) is 0 Å². The fourth-order valence-electron chi connectivity index (χ4n) is 2.83. The summed E-state index contributed by atoms with van der Waals surface area (Å²) in [5.41, 5.74) is 2.47. The number of rotatable bonds is 5. The minimum atomic E-state index is 0.0797. The van der Waals surface area contributed by atoms with E-state index in [0.717, 1.165) is 43.8 Å². The van der Waals surface area contributed by atoms with Gasteiger partial charge in [0.25, 0.3) is 5.91 Å². The summed E-state index contributed by atoms with van der Waals surface area (Å²) in [7, 11) is 0. The molecule has 2 rings (SSSR count). The molecule has 1 unspecified atom stereocenters. The van der Waals surface area contributed by atoms with Crippen molar-refractivity contribution >= 4 is 5.91 Å². The second-order valence-electron chi connectivity index (χ2n) is 5.83. The second kappa shape index (κ2) is 7.55. The third kappa shape index (κ3) is 4.27. The van der Waals surface area contributed by atoms with Gasteiger partial charge < -0.3 is 9.64 Å². The molecule has 0 radical (unpaired) electrons. The maximum absolute atomic E-state index is 12.8. The van der Waals surface area contributed by atoms with E-state index in [4.69, 9.17) is 4.74 Å². The Hall–Kier alpha value is -1.42. The Morgan fingerprint density at radius 1 is 1.38 bits per heavy atom. The summed E-state index contributed by atoms with van der Waals surface area (Å²) in [6, 6.07) is 3.80. The minimum Gasteiger partial charge on any atom is -0.376 e. The molecule has 1 aromatic heterocycles. The molecule has 0 N–H and O–H groups in total. The molecule has 0 aliphatic carbocycles. The summed E-state index contributed by atoms with van der Waals surface area (Å²) in [6.45, 7) is 8.24. The maximum Gasteiger partial charge on any atom is 0.255 e. The minimum absolute atomic E-state index is 0.0797. The van der Waals surface area contributed by atoms with E-state index < -0.39 is 0 Å². The van der Waals surface area contributed by atoms with E-state index >= 15 is 0 Å². The molecule has 116 valence electrons. The van der Waals surface area contributed by atoms with Crippen LogP contribution in [-0.2, 0) is 4.74 Å². The van der Waals surface area contributed by atoms with Crippen LogP contribution in [0.15, 0.2) is 12.1 Å². The summed E-state index contributed by atoms with van der Waals surface area (Å²) in [4.78, 5) is 19.1. The van der Waals surface area contributed by atoms with Gasteiger partial charge in [0.2, 0.25) is 0 Å². The molecule has 2 heterocycles. The number of hydrogen-bond donors (Lipinski definition) is 0. The average molecular weight is 290 g/mol. The van der Waals surface area contributed by atoms with Crippen LogP contribution in [-0.4, -0.2) is 41.6 Å². The van der Waals surface area contributed by atoms with Gasteiger partial charge in [0, 0.05) is 25.4 Å². The molecule has 0 aromatic carbocycles. The molecule has 1 saturated heterocycles. The maximum atomic E-state index is 12.8. The fraction of sp³-hybridized carbons (Fsp3) is 0.647. The predicted molar refractivity (Wildman–Crippen MR) is 83.5 cm³/mol. The van der Waals surface area contributed by atoms with Crippen LogP contribution < -0.4 is 0 Å². The molecular formula is C17H26N2O2. The highest BCUT2D eigenvalue weighted by Crippen LogP contribution is 2.17. The summed E-state index contributed by atoms with van der Waals surface area (Å²) in [5.74, 6) is 0.0797. The lowest BCUT2D eigenvalue weighted by molar-refractivity contribution is -0.00386. The molecule has 4 heteroatoms. The van der Waals surface area contributed by atoms with Crippen molar-refractivity contribution in [2.45, 2.75) is 52.6 Å². The number of aryl methyl sites for hydroxylation is 2. The van der Waals surface area contributed by atoms with Crippen molar-refractivity contribution in [2.24, 2.45) is 0 Å². The first kappa shape index (κ1) is 16.0. The van der Waals surface area contributed by atoms with Crippen LogP contribution in [0.25, 0.3) is 0 Å². The predicted octanol–water partition coefficient (Wildman–Crippen LogP) is 3.12. The Morgan fingerprint density at radius 2 is 2.19 bits per heavy atom. The van der Waals surface area contributed by atoms with Crippen LogP contribution in [0.2, 0.25) is 0 Å². The lowest BCUT2D eigenvalue weighted by Crippen LogP contribution is -2.40. The number of carbonyl (C=O) groups excluding carboxylic acids is 1. The number of hydrogen-bond acceptors (Lipinski definition) is 3. The molecule has 0 bridgehead atoms. The Kier molecular flexibility index (Phi) is 5.74. The van der Waals surface area contributed by atoms with Gasteiger partial charge in [-0.05, 0) is 51.7 Å². The van der Waals surface area contributed by atoms with Crippen LogP contribution >= 0.6 is 0 Å². The van der Waals surface area contributed by atoms with Gasteiger partial charge in [-0.1, -0.05) is 6.92 Å². The highest BCUT2D eigenvalue weighted by atomic mass is 16.5. The van der Waals surface area contributed by atoms with E-state index in [-0.39, 0.29) is 12.0 Å². The van der Waals surface area contributed by atoms with Gasteiger partial charge in [0.15, 0.2) is 0 Å².